The Balaban J connectivity index is 3.64. The fourth-order valence-electron chi connectivity index (χ4n) is 0.618. The van der Waals surface area contributed by atoms with E-state index in [-0.39, 0.29) is 0 Å². The molecule has 0 radical (unpaired) electrons. The molecule has 0 saturated carbocycles. The molecule has 0 aromatic rings. The first kappa shape index (κ1) is 11.8. The highest BCUT2D eigenvalue weighted by Gasteiger charge is 2.14. The van der Waals surface area contributed by atoms with Gasteiger partial charge in [0.2, 0.25) is 0 Å². The molecule has 0 atom stereocenters. The quantitative estimate of drug-likeness (QED) is 0.631. The first-order valence-corrected chi connectivity index (χ1v) is 4.38. The lowest BCUT2D eigenvalue weighted by molar-refractivity contribution is 0.0535. The van der Waals surface area contributed by atoms with E-state index < -0.39 is 11.7 Å². The van der Waals surface area contributed by atoms with Gasteiger partial charge in [-0.2, -0.15) is 0 Å². The molecule has 0 aliphatic rings. The third kappa shape index (κ3) is 8.74. The highest BCUT2D eigenvalue weighted by Crippen LogP contribution is 2.05. The molecule has 0 heterocycles. The number of nitrogens with one attached hydrogen (secondary N) is 1. The van der Waals surface area contributed by atoms with Crippen molar-refractivity contribution >= 4 is 6.09 Å². The molecule has 0 aromatic heterocycles. The number of hydrogen-bond acceptors (Lipinski definition) is 2. The van der Waals surface area contributed by atoms with E-state index in [1.54, 1.807) is 0 Å². The molecule has 0 aliphatic heterocycles. The molecule has 0 rings (SSSR count). The van der Waals surface area contributed by atoms with Gasteiger partial charge >= 0.3 is 6.09 Å². The first-order chi connectivity index (χ1) is 5.95. The lowest BCUT2D eigenvalue weighted by Gasteiger charge is -2.18. The van der Waals surface area contributed by atoms with E-state index in [9.17, 15) is 4.79 Å². The summed E-state index contributed by atoms with van der Waals surface area (Å²) >= 11 is 0. The Hall–Kier alpha value is -1.17. The predicted octanol–water partition coefficient (Wildman–Crippen LogP) is 1.92. The molecule has 3 nitrogen and oxygen atoms in total. The van der Waals surface area contributed by atoms with E-state index in [4.69, 9.17) is 4.74 Å². The van der Waals surface area contributed by atoms with Crippen LogP contribution in [0.15, 0.2) is 0 Å². The van der Waals surface area contributed by atoms with Crippen molar-refractivity contribution in [2.45, 2.75) is 39.7 Å². The number of amides is 1. The molecule has 3 heteroatoms. The number of ether oxygens (including phenoxy) is 1. The third-order valence-electron chi connectivity index (χ3n) is 1.02. The van der Waals surface area contributed by atoms with Gasteiger partial charge < -0.3 is 10.1 Å². The van der Waals surface area contributed by atoms with Gasteiger partial charge in [0.25, 0.3) is 0 Å². The third-order valence-corrected chi connectivity index (χ3v) is 1.02. The zero-order valence-electron chi connectivity index (χ0n) is 8.73. The highest BCUT2D eigenvalue weighted by molar-refractivity contribution is 5.67. The summed E-state index contributed by atoms with van der Waals surface area (Å²) < 4.78 is 5.00. The number of alkyl carbamates (subject to hydrolysis) is 1. The highest BCUT2D eigenvalue weighted by atomic mass is 16.6. The Bertz CT molecular complexity index is 217. The second-order valence-corrected chi connectivity index (χ2v) is 3.56. The van der Waals surface area contributed by atoms with Gasteiger partial charge in [-0.3, -0.25) is 0 Å². The molecule has 0 bridgehead atoms. The maximum Gasteiger partial charge on any atom is 0.408 e. The zero-order valence-corrected chi connectivity index (χ0v) is 8.73. The smallest absolute Gasteiger partial charge is 0.408 e. The van der Waals surface area contributed by atoms with Gasteiger partial charge in [0.05, 0.1) is 6.54 Å². The summed E-state index contributed by atoms with van der Waals surface area (Å²) in [5.74, 6) is 5.64. The van der Waals surface area contributed by atoms with Crippen molar-refractivity contribution < 1.29 is 9.53 Å². The summed E-state index contributed by atoms with van der Waals surface area (Å²) in [4.78, 5) is 11.0. The van der Waals surface area contributed by atoms with Gasteiger partial charge in [-0.1, -0.05) is 12.8 Å². The summed E-state index contributed by atoms with van der Waals surface area (Å²) in [7, 11) is 0. The molecule has 1 amide bonds. The van der Waals surface area contributed by atoms with Crippen LogP contribution in [0.1, 0.15) is 34.1 Å². The Morgan fingerprint density at radius 2 is 2.00 bits per heavy atom. The molecule has 0 aromatic carbocycles. The van der Waals surface area contributed by atoms with E-state index in [2.05, 4.69) is 17.2 Å². The number of carbonyl (C=O) groups excluding carboxylic acids is 1. The van der Waals surface area contributed by atoms with Crippen LogP contribution in [0.25, 0.3) is 0 Å². The molecule has 0 unspecified atom stereocenters. The fraction of sp³-hybridized carbons (Fsp3) is 0.700. The molecule has 74 valence electrons. The van der Waals surface area contributed by atoms with E-state index in [0.717, 1.165) is 6.42 Å². The lowest BCUT2D eigenvalue weighted by Crippen LogP contribution is -2.32. The molecule has 0 spiro atoms. The lowest BCUT2D eigenvalue weighted by atomic mass is 10.2. The Morgan fingerprint density at radius 3 is 2.46 bits per heavy atom. The maximum absolute atomic E-state index is 11.0. The number of hydrogen-bond donors (Lipinski definition) is 1. The SMILES string of the molecule is CCC#CCNC(=O)OC(C)(C)C. The second kappa shape index (κ2) is 5.47. The number of carbonyl (C=O) groups is 1. The second-order valence-electron chi connectivity index (χ2n) is 3.56. The minimum absolute atomic E-state index is 0.350. The van der Waals surface area contributed by atoms with Gasteiger partial charge in [0.1, 0.15) is 5.60 Å². The van der Waals surface area contributed by atoms with Crippen LogP contribution in [0, 0.1) is 11.8 Å². The standard InChI is InChI=1S/C10H17NO2/c1-5-6-7-8-11-9(12)13-10(2,3)4/h5,8H2,1-4H3,(H,11,12). The monoisotopic (exact) mass is 183 g/mol. The van der Waals surface area contributed by atoms with Gasteiger partial charge in [-0.25, -0.2) is 4.79 Å². The van der Waals surface area contributed by atoms with Crippen LogP contribution in [0.2, 0.25) is 0 Å². The van der Waals surface area contributed by atoms with E-state index >= 15 is 0 Å². The van der Waals surface area contributed by atoms with Crippen LogP contribution in [0.4, 0.5) is 4.79 Å². The van der Waals surface area contributed by atoms with Gasteiger partial charge in [0.15, 0.2) is 0 Å². The summed E-state index contributed by atoms with van der Waals surface area (Å²) in [5, 5.41) is 2.54. The minimum atomic E-state index is -0.442. The number of rotatable bonds is 1. The summed E-state index contributed by atoms with van der Waals surface area (Å²) in [6, 6.07) is 0. The first-order valence-electron chi connectivity index (χ1n) is 4.38. The van der Waals surface area contributed by atoms with Gasteiger partial charge in [-0.05, 0) is 20.8 Å². The van der Waals surface area contributed by atoms with Crippen LogP contribution in [0.3, 0.4) is 0 Å². The van der Waals surface area contributed by atoms with Crippen molar-refractivity contribution in [2.24, 2.45) is 0 Å². The van der Waals surface area contributed by atoms with Crippen LogP contribution in [-0.4, -0.2) is 18.2 Å². The van der Waals surface area contributed by atoms with Crippen molar-refractivity contribution in [3.8, 4) is 11.8 Å². The van der Waals surface area contributed by atoms with Gasteiger partial charge in [-0.15, -0.1) is 5.92 Å². The average molecular weight is 183 g/mol. The predicted molar refractivity (Wildman–Crippen MR) is 52.3 cm³/mol. The summed E-state index contributed by atoms with van der Waals surface area (Å²) in [6.07, 6.45) is 0.383. The van der Waals surface area contributed by atoms with Crippen molar-refractivity contribution in [3.63, 3.8) is 0 Å². The fourth-order valence-corrected chi connectivity index (χ4v) is 0.618. The van der Waals surface area contributed by atoms with Crippen LogP contribution in [-0.2, 0) is 4.74 Å². The van der Waals surface area contributed by atoms with Crippen molar-refractivity contribution in [3.05, 3.63) is 0 Å². The summed E-state index contributed by atoms with van der Waals surface area (Å²) in [5.41, 5.74) is -0.442. The Labute approximate surface area is 79.8 Å². The molecule has 0 saturated heterocycles. The Kier molecular flexibility index (Phi) is 4.98. The molecule has 1 N–H and O–H groups in total. The minimum Gasteiger partial charge on any atom is -0.444 e. The average Bonchev–Trinajstić information content (AvgIpc) is 1.94. The normalized spacial score (nSPS) is 9.85. The van der Waals surface area contributed by atoms with Crippen LogP contribution >= 0.6 is 0 Å². The molecule has 13 heavy (non-hydrogen) atoms. The molecule has 0 fully saturated rings. The largest absolute Gasteiger partial charge is 0.444 e. The summed E-state index contributed by atoms with van der Waals surface area (Å²) in [6.45, 7) is 7.78. The molecular formula is C10H17NO2. The van der Waals surface area contributed by atoms with E-state index in [1.807, 2.05) is 27.7 Å². The zero-order chi connectivity index (χ0) is 10.3. The van der Waals surface area contributed by atoms with Crippen LogP contribution in [0.5, 0.6) is 0 Å². The van der Waals surface area contributed by atoms with Crippen molar-refractivity contribution in [1.82, 2.24) is 5.32 Å². The van der Waals surface area contributed by atoms with Crippen molar-refractivity contribution in [2.75, 3.05) is 6.54 Å². The topological polar surface area (TPSA) is 38.3 Å². The van der Waals surface area contributed by atoms with Crippen molar-refractivity contribution in [1.29, 1.82) is 0 Å². The van der Waals surface area contributed by atoms with Gasteiger partial charge in [0, 0.05) is 6.42 Å². The van der Waals surface area contributed by atoms with Crippen LogP contribution < -0.4 is 5.32 Å². The maximum atomic E-state index is 11.0. The van der Waals surface area contributed by atoms with E-state index in [0.29, 0.717) is 6.54 Å². The molecular weight excluding hydrogens is 166 g/mol. The van der Waals surface area contributed by atoms with E-state index in [1.165, 1.54) is 0 Å². The molecule has 0 aliphatic carbocycles. The Morgan fingerprint density at radius 1 is 1.38 bits per heavy atom.